The van der Waals surface area contributed by atoms with Crippen LogP contribution in [0.25, 0.3) is 0 Å². The minimum Gasteiger partial charge on any atom is -0.459 e. The molecule has 206 valence electrons. The van der Waals surface area contributed by atoms with E-state index in [4.69, 9.17) is 9.15 Å². The third-order valence-corrected chi connectivity index (χ3v) is 7.66. The van der Waals surface area contributed by atoms with Gasteiger partial charge in [0.2, 0.25) is 11.8 Å². The van der Waals surface area contributed by atoms with Crippen molar-refractivity contribution in [2.24, 2.45) is 23.7 Å². The zero-order chi connectivity index (χ0) is 26.5. The van der Waals surface area contributed by atoms with Gasteiger partial charge >= 0.3 is 0 Å². The molecule has 1 N–H and O–H groups in total. The first-order valence-corrected chi connectivity index (χ1v) is 14.0. The summed E-state index contributed by atoms with van der Waals surface area (Å²) in [5.41, 5.74) is 0. The second-order valence-electron chi connectivity index (χ2n) is 11.9. The third-order valence-electron chi connectivity index (χ3n) is 7.66. The van der Waals surface area contributed by atoms with Crippen LogP contribution in [-0.2, 0) is 14.3 Å². The fourth-order valence-electron chi connectivity index (χ4n) is 6.08. The van der Waals surface area contributed by atoms with E-state index in [9.17, 15) is 14.4 Å². The Bertz CT molecular complexity index is 912. The number of amides is 3. The van der Waals surface area contributed by atoms with E-state index in [0.29, 0.717) is 37.3 Å². The molecule has 9 heteroatoms. The van der Waals surface area contributed by atoms with Gasteiger partial charge in [0.05, 0.1) is 12.8 Å². The van der Waals surface area contributed by atoms with E-state index in [1.165, 1.54) is 6.26 Å². The van der Waals surface area contributed by atoms with E-state index in [-0.39, 0.29) is 35.9 Å². The molecule has 1 unspecified atom stereocenters. The Hall–Kier alpha value is -2.39. The maximum atomic E-state index is 13.8. The SMILES string of the molecule is CC(C)CC(=O)N[C@H]1CN(C(=O)c2ccco2)C2CN(CC3CCOCC3)C[C@H](CC(C)C)CN2C1=O. The Morgan fingerprint density at radius 3 is 2.43 bits per heavy atom. The largest absolute Gasteiger partial charge is 0.459 e. The van der Waals surface area contributed by atoms with E-state index >= 15 is 0 Å². The highest BCUT2D eigenvalue weighted by molar-refractivity contribution is 5.95. The van der Waals surface area contributed by atoms with Gasteiger partial charge in [0, 0.05) is 45.8 Å². The quantitative estimate of drug-likeness (QED) is 0.571. The van der Waals surface area contributed by atoms with Crippen molar-refractivity contribution in [1.29, 1.82) is 0 Å². The smallest absolute Gasteiger partial charge is 0.291 e. The normalized spacial score (nSPS) is 25.9. The van der Waals surface area contributed by atoms with Crippen LogP contribution < -0.4 is 5.32 Å². The van der Waals surface area contributed by atoms with Gasteiger partial charge in [-0.2, -0.15) is 0 Å². The zero-order valence-electron chi connectivity index (χ0n) is 22.9. The summed E-state index contributed by atoms with van der Waals surface area (Å²) < 4.78 is 11.0. The van der Waals surface area contributed by atoms with Crippen molar-refractivity contribution in [2.45, 2.75) is 65.6 Å². The second-order valence-corrected chi connectivity index (χ2v) is 11.9. The highest BCUT2D eigenvalue weighted by Crippen LogP contribution is 2.29. The van der Waals surface area contributed by atoms with Crippen LogP contribution in [0.4, 0.5) is 0 Å². The van der Waals surface area contributed by atoms with Crippen molar-refractivity contribution in [3.8, 4) is 0 Å². The molecule has 3 fully saturated rings. The summed E-state index contributed by atoms with van der Waals surface area (Å²) in [5, 5.41) is 2.93. The van der Waals surface area contributed by atoms with Gasteiger partial charge in [0.25, 0.3) is 5.91 Å². The lowest BCUT2D eigenvalue weighted by atomic mass is 9.95. The fourth-order valence-corrected chi connectivity index (χ4v) is 6.08. The van der Waals surface area contributed by atoms with Crippen molar-refractivity contribution in [3.05, 3.63) is 24.2 Å². The van der Waals surface area contributed by atoms with Crippen LogP contribution >= 0.6 is 0 Å². The number of ether oxygens (including phenoxy) is 1. The predicted octanol–water partition coefficient (Wildman–Crippen LogP) is 2.83. The Balaban J connectivity index is 1.62. The first-order chi connectivity index (χ1) is 17.7. The summed E-state index contributed by atoms with van der Waals surface area (Å²) in [7, 11) is 0. The molecule has 0 aliphatic carbocycles. The molecule has 1 aromatic heterocycles. The van der Waals surface area contributed by atoms with Gasteiger partial charge in [-0.25, -0.2) is 0 Å². The number of nitrogens with one attached hydrogen (secondary N) is 1. The van der Waals surface area contributed by atoms with Crippen molar-refractivity contribution < 1.29 is 23.5 Å². The molecule has 0 bridgehead atoms. The number of furan rings is 1. The lowest BCUT2D eigenvalue weighted by Gasteiger charge is -2.46. The summed E-state index contributed by atoms with van der Waals surface area (Å²) in [4.78, 5) is 46.2. The highest BCUT2D eigenvalue weighted by atomic mass is 16.5. The van der Waals surface area contributed by atoms with Crippen molar-refractivity contribution in [2.75, 3.05) is 45.9 Å². The van der Waals surface area contributed by atoms with E-state index in [1.54, 1.807) is 17.0 Å². The summed E-state index contributed by atoms with van der Waals surface area (Å²) >= 11 is 0. The average molecular weight is 517 g/mol. The lowest BCUT2D eigenvalue weighted by molar-refractivity contribution is -0.148. The number of carbonyl (C=O) groups excluding carboxylic acids is 3. The summed E-state index contributed by atoms with van der Waals surface area (Å²) in [6, 6.07) is 2.60. The molecular weight excluding hydrogens is 472 g/mol. The van der Waals surface area contributed by atoms with Gasteiger partial charge in [-0.05, 0) is 55.1 Å². The van der Waals surface area contributed by atoms with Gasteiger partial charge in [0.15, 0.2) is 5.76 Å². The van der Waals surface area contributed by atoms with Gasteiger partial charge in [-0.1, -0.05) is 27.7 Å². The maximum absolute atomic E-state index is 13.8. The van der Waals surface area contributed by atoms with Crippen LogP contribution in [0.3, 0.4) is 0 Å². The van der Waals surface area contributed by atoms with Crippen LogP contribution in [0.1, 0.15) is 63.9 Å². The number of rotatable bonds is 8. The number of fused-ring (bicyclic) bond motifs is 1. The molecule has 3 aliphatic heterocycles. The number of carbonyl (C=O) groups is 3. The first-order valence-electron chi connectivity index (χ1n) is 14.0. The summed E-state index contributed by atoms with van der Waals surface area (Å²) in [5.74, 6) is 1.27. The molecule has 0 aromatic carbocycles. The highest BCUT2D eigenvalue weighted by Gasteiger charge is 2.46. The van der Waals surface area contributed by atoms with E-state index < -0.39 is 12.2 Å². The Morgan fingerprint density at radius 2 is 1.78 bits per heavy atom. The van der Waals surface area contributed by atoms with E-state index in [1.807, 2.05) is 18.7 Å². The molecule has 0 radical (unpaired) electrons. The fraction of sp³-hybridized carbons (Fsp3) is 0.750. The molecule has 3 saturated heterocycles. The number of hydrogen-bond donors (Lipinski definition) is 1. The molecule has 0 spiro atoms. The molecule has 4 heterocycles. The molecular formula is C28H44N4O5. The summed E-state index contributed by atoms with van der Waals surface area (Å²) in [6.45, 7) is 13.1. The van der Waals surface area contributed by atoms with Gasteiger partial charge < -0.3 is 24.3 Å². The van der Waals surface area contributed by atoms with Crippen molar-refractivity contribution >= 4 is 17.7 Å². The molecule has 37 heavy (non-hydrogen) atoms. The average Bonchev–Trinajstić information content (AvgIpc) is 3.31. The second kappa shape index (κ2) is 12.4. The van der Waals surface area contributed by atoms with Crippen molar-refractivity contribution in [3.63, 3.8) is 0 Å². The Morgan fingerprint density at radius 1 is 1.03 bits per heavy atom. The molecule has 9 nitrogen and oxygen atoms in total. The standard InChI is InChI=1S/C28H44N4O5/c1-19(2)12-22-15-30(14-21-7-10-36-11-8-21)18-26-31(16-22)27(34)23(29-25(33)13-20(3)4)17-32(26)28(35)24-6-5-9-37-24/h5-6,9,19-23,26H,7-8,10-18H2,1-4H3,(H,29,33)/t22-,23-,26?/m0/s1. The molecule has 0 saturated carbocycles. The van der Waals surface area contributed by atoms with Crippen molar-refractivity contribution in [1.82, 2.24) is 20.0 Å². The monoisotopic (exact) mass is 516 g/mol. The van der Waals surface area contributed by atoms with Crippen LogP contribution in [-0.4, -0.2) is 90.6 Å². The van der Waals surface area contributed by atoms with Gasteiger partial charge in [-0.3, -0.25) is 19.3 Å². The first kappa shape index (κ1) is 27.6. The molecule has 4 rings (SSSR count). The molecule has 3 aliphatic rings. The van der Waals surface area contributed by atoms with E-state index in [2.05, 4.69) is 24.1 Å². The number of nitrogens with zero attached hydrogens (tertiary/aromatic N) is 3. The van der Waals surface area contributed by atoms with Crippen LogP contribution in [0.15, 0.2) is 22.8 Å². The van der Waals surface area contributed by atoms with Gasteiger partial charge in [0.1, 0.15) is 12.2 Å². The molecule has 3 amide bonds. The van der Waals surface area contributed by atoms with Crippen LogP contribution in [0, 0.1) is 23.7 Å². The maximum Gasteiger partial charge on any atom is 0.291 e. The lowest BCUT2D eigenvalue weighted by Crippen LogP contribution is -2.68. The van der Waals surface area contributed by atoms with Crippen LogP contribution in [0.5, 0.6) is 0 Å². The minimum atomic E-state index is -0.761. The molecule has 3 atom stereocenters. The van der Waals surface area contributed by atoms with Crippen LogP contribution in [0.2, 0.25) is 0 Å². The topological polar surface area (TPSA) is 95.3 Å². The summed E-state index contributed by atoms with van der Waals surface area (Å²) in [6.07, 6.45) is 4.51. The number of hydrogen-bond acceptors (Lipinski definition) is 6. The van der Waals surface area contributed by atoms with E-state index in [0.717, 1.165) is 45.6 Å². The Kier molecular flexibility index (Phi) is 9.29. The molecule has 1 aromatic rings. The van der Waals surface area contributed by atoms with Gasteiger partial charge in [-0.15, -0.1) is 0 Å². The zero-order valence-corrected chi connectivity index (χ0v) is 22.9. The minimum absolute atomic E-state index is 0.0905. The third kappa shape index (κ3) is 7.13. The predicted molar refractivity (Wildman–Crippen MR) is 140 cm³/mol. The Labute approximate surface area is 220 Å².